The second-order valence-electron chi connectivity index (χ2n) is 3.30. The van der Waals surface area contributed by atoms with Crippen LogP contribution in [0.4, 0.5) is 0 Å². The lowest BCUT2D eigenvalue weighted by Crippen LogP contribution is -1.97. The first kappa shape index (κ1) is 13.5. The molecule has 0 bridgehead atoms. The first-order valence-electron chi connectivity index (χ1n) is 4.86. The van der Waals surface area contributed by atoms with E-state index in [1.54, 1.807) is 0 Å². The van der Waals surface area contributed by atoms with Crippen LogP contribution in [0, 0.1) is 0 Å². The quantitative estimate of drug-likeness (QED) is 0.446. The van der Waals surface area contributed by atoms with Gasteiger partial charge in [-0.15, -0.1) is 0 Å². The zero-order valence-corrected chi connectivity index (χ0v) is 10.5. The topological polar surface area (TPSA) is 66.4 Å². The van der Waals surface area contributed by atoms with E-state index in [-0.39, 0.29) is 0 Å². The van der Waals surface area contributed by atoms with Gasteiger partial charge in [-0.25, -0.2) is 12.0 Å². The molecule has 90 valence electrons. The number of rotatable bonds is 6. The van der Waals surface area contributed by atoms with Gasteiger partial charge in [-0.1, -0.05) is 37.6 Å². The van der Waals surface area contributed by atoms with Crippen LogP contribution in [0.1, 0.15) is 24.5 Å². The molecule has 0 saturated heterocycles. The zero-order chi connectivity index (χ0) is 12.0. The lowest BCUT2D eigenvalue weighted by atomic mass is 10.1. The van der Waals surface area contributed by atoms with Crippen LogP contribution in [0.25, 0.3) is 0 Å². The van der Waals surface area contributed by atoms with E-state index < -0.39 is 10.4 Å². The first-order chi connectivity index (χ1) is 7.51. The van der Waals surface area contributed by atoms with Gasteiger partial charge in [0.1, 0.15) is 0 Å². The molecule has 0 aliphatic heterocycles. The fraction of sp³-hybridized carbons (Fsp3) is 0.400. The van der Waals surface area contributed by atoms with Crippen LogP contribution in [0.15, 0.2) is 24.3 Å². The van der Waals surface area contributed by atoms with Gasteiger partial charge in [0.05, 0.1) is 0 Å². The number of aryl methyl sites for hydroxylation is 1. The SMILES string of the molecule is CCCc1ccc(CSOS(=O)(=O)[O-])cc1. The molecular weight excluding hydrogens is 248 g/mol. The van der Waals surface area contributed by atoms with Crippen LogP contribution < -0.4 is 0 Å². The first-order valence-corrected chi connectivity index (χ1v) is 7.10. The molecule has 16 heavy (non-hydrogen) atoms. The van der Waals surface area contributed by atoms with Crippen molar-refractivity contribution in [2.75, 3.05) is 0 Å². The lowest BCUT2D eigenvalue weighted by Gasteiger charge is -2.06. The van der Waals surface area contributed by atoms with E-state index in [9.17, 15) is 13.0 Å². The molecule has 0 saturated carbocycles. The van der Waals surface area contributed by atoms with Crippen molar-refractivity contribution >= 4 is 22.4 Å². The monoisotopic (exact) mass is 261 g/mol. The summed E-state index contributed by atoms with van der Waals surface area (Å²) in [7, 11) is -4.60. The fourth-order valence-electron chi connectivity index (χ4n) is 1.24. The number of benzene rings is 1. The van der Waals surface area contributed by atoms with E-state index in [0.717, 1.165) is 18.4 Å². The highest BCUT2D eigenvalue weighted by Gasteiger charge is 1.98. The molecule has 0 heterocycles. The fourth-order valence-corrected chi connectivity index (χ4v) is 2.23. The van der Waals surface area contributed by atoms with E-state index >= 15 is 0 Å². The Morgan fingerprint density at radius 1 is 1.25 bits per heavy atom. The Bertz CT molecular complexity index is 411. The maximum atomic E-state index is 10.2. The molecule has 0 unspecified atom stereocenters. The average molecular weight is 261 g/mol. The highest BCUT2D eigenvalue weighted by atomic mass is 32.3. The minimum atomic E-state index is -4.60. The van der Waals surface area contributed by atoms with Crippen molar-refractivity contribution < 1.29 is 16.6 Å². The highest BCUT2D eigenvalue weighted by Crippen LogP contribution is 2.16. The second-order valence-corrected chi connectivity index (χ2v) is 5.19. The van der Waals surface area contributed by atoms with E-state index in [1.165, 1.54) is 5.56 Å². The molecule has 4 nitrogen and oxygen atoms in total. The van der Waals surface area contributed by atoms with Crippen LogP contribution in [0.2, 0.25) is 0 Å². The van der Waals surface area contributed by atoms with Gasteiger partial charge in [0.15, 0.2) is 0 Å². The van der Waals surface area contributed by atoms with E-state index in [0.29, 0.717) is 17.8 Å². The standard InChI is InChI=1S/C10H14O4S2/c1-2-3-9-4-6-10(7-5-9)8-15-14-16(11,12)13/h4-7H,2-3,8H2,1H3,(H,11,12,13)/p-1. The van der Waals surface area contributed by atoms with Crippen LogP contribution in [-0.4, -0.2) is 13.0 Å². The molecule has 0 N–H and O–H groups in total. The molecule has 0 aromatic heterocycles. The molecule has 0 radical (unpaired) electrons. The van der Waals surface area contributed by atoms with E-state index in [1.807, 2.05) is 24.3 Å². The molecule has 0 fully saturated rings. The van der Waals surface area contributed by atoms with Crippen LogP contribution in [0.3, 0.4) is 0 Å². The zero-order valence-electron chi connectivity index (χ0n) is 8.88. The van der Waals surface area contributed by atoms with Crippen LogP contribution >= 0.6 is 12.0 Å². The lowest BCUT2D eigenvalue weighted by molar-refractivity contribution is 0.391. The van der Waals surface area contributed by atoms with Crippen molar-refractivity contribution in [3.63, 3.8) is 0 Å². The van der Waals surface area contributed by atoms with E-state index in [4.69, 9.17) is 0 Å². The minimum Gasteiger partial charge on any atom is -0.725 e. The Kier molecular flexibility index (Phi) is 5.27. The minimum absolute atomic E-state index is 0.341. The van der Waals surface area contributed by atoms with Gasteiger partial charge in [0.2, 0.25) is 10.4 Å². The van der Waals surface area contributed by atoms with Crippen molar-refractivity contribution in [1.29, 1.82) is 0 Å². The summed E-state index contributed by atoms with van der Waals surface area (Å²) in [6.45, 7) is 2.11. The van der Waals surface area contributed by atoms with Gasteiger partial charge in [-0.05, 0) is 17.5 Å². The number of hydrogen-bond acceptors (Lipinski definition) is 5. The Hall–Kier alpha value is -0.560. The van der Waals surface area contributed by atoms with Crippen molar-refractivity contribution in [3.8, 4) is 0 Å². The third-order valence-electron chi connectivity index (χ3n) is 1.92. The maximum absolute atomic E-state index is 10.2. The molecule has 0 aliphatic carbocycles. The Morgan fingerprint density at radius 3 is 2.31 bits per heavy atom. The molecule has 0 amide bonds. The summed E-state index contributed by atoms with van der Waals surface area (Å²) >= 11 is 0.632. The van der Waals surface area contributed by atoms with Gasteiger partial charge in [-0.2, -0.15) is 0 Å². The molecule has 1 aromatic rings. The van der Waals surface area contributed by atoms with Crippen LogP contribution in [-0.2, 0) is 26.2 Å². The van der Waals surface area contributed by atoms with Crippen LogP contribution in [0.5, 0.6) is 0 Å². The maximum Gasteiger partial charge on any atom is 0.228 e. The summed E-state index contributed by atoms with van der Waals surface area (Å²) in [5.41, 5.74) is 2.17. The Balaban J connectivity index is 2.43. The van der Waals surface area contributed by atoms with Crippen molar-refractivity contribution in [2.24, 2.45) is 0 Å². The van der Waals surface area contributed by atoms with Gasteiger partial charge in [0, 0.05) is 17.8 Å². The number of hydrogen-bond donors (Lipinski definition) is 0. The predicted molar refractivity (Wildman–Crippen MR) is 62.5 cm³/mol. The average Bonchev–Trinajstić information content (AvgIpc) is 2.19. The van der Waals surface area contributed by atoms with Gasteiger partial charge >= 0.3 is 0 Å². The largest absolute Gasteiger partial charge is 0.725 e. The molecule has 1 rings (SSSR count). The summed E-state index contributed by atoms with van der Waals surface area (Å²) in [5, 5.41) is 0. The summed E-state index contributed by atoms with van der Waals surface area (Å²) in [6.07, 6.45) is 2.12. The van der Waals surface area contributed by atoms with Crippen molar-refractivity contribution in [2.45, 2.75) is 25.5 Å². The summed E-state index contributed by atoms with van der Waals surface area (Å²) in [4.78, 5) is 0. The van der Waals surface area contributed by atoms with Gasteiger partial charge in [0.25, 0.3) is 0 Å². The molecular formula is C10H13O4S2-. The smallest absolute Gasteiger partial charge is 0.228 e. The third-order valence-corrected chi connectivity index (χ3v) is 3.42. The Morgan fingerprint density at radius 2 is 1.81 bits per heavy atom. The molecule has 0 atom stereocenters. The molecule has 0 aliphatic rings. The molecule has 1 aromatic carbocycles. The normalized spacial score (nSPS) is 11.6. The van der Waals surface area contributed by atoms with Gasteiger partial charge in [-0.3, -0.25) is 0 Å². The summed E-state index contributed by atoms with van der Waals surface area (Å²) in [5.74, 6) is 0.341. The summed E-state index contributed by atoms with van der Waals surface area (Å²) < 4.78 is 34.5. The summed E-state index contributed by atoms with van der Waals surface area (Å²) in [6, 6.07) is 7.79. The van der Waals surface area contributed by atoms with Crippen molar-refractivity contribution in [1.82, 2.24) is 0 Å². The van der Waals surface area contributed by atoms with E-state index in [2.05, 4.69) is 10.6 Å². The highest BCUT2D eigenvalue weighted by molar-refractivity contribution is 8.02. The predicted octanol–water partition coefficient (Wildman–Crippen LogP) is 2.26. The second kappa shape index (κ2) is 6.24. The van der Waals surface area contributed by atoms with Crippen molar-refractivity contribution in [3.05, 3.63) is 35.4 Å². The molecule has 6 heteroatoms. The third kappa shape index (κ3) is 5.50. The van der Waals surface area contributed by atoms with Gasteiger partial charge < -0.3 is 4.55 Å². The molecule has 0 spiro atoms. The Labute approximate surface area is 100 Å².